The van der Waals surface area contributed by atoms with Crippen LogP contribution < -0.4 is 15.0 Å². The first kappa shape index (κ1) is 29.2. The molecule has 0 fully saturated rings. The zero-order valence-corrected chi connectivity index (χ0v) is 26.8. The molecule has 4 heteroatoms. The topological polar surface area (TPSA) is 15.7 Å². The SMILES string of the molecule is CO[Si](C)(C)c1ccc(N(c2ccc(C)cc2)c2ccc(-c3ccc(N(c4ccccc4)c4ccccc4)cc3)cc2)cc1. The molecule has 0 aliphatic carbocycles. The lowest BCUT2D eigenvalue weighted by Gasteiger charge is -2.27. The van der Waals surface area contributed by atoms with E-state index >= 15 is 0 Å². The Morgan fingerprint density at radius 3 is 1.09 bits per heavy atom. The number of benzene rings is 6. The summed E-state index contributed by atoms with van der Waals surface area (Å²) in [5, 5.41) is 1.28. The fraction of sp³-hybridized carbons (Fsp3) is 0.100. The maximum Gasteiger partial charge on any atom is 0.217 e. The maximum absolute atomic E-state index is 5.85. The van der Waals surface area contributed by atoms with E-state index in [0.29, 0.717) is 0 Å². The highest BCUT2D eigenvalue weighted by Crippen LogP contribution is 2.37. The summed E-state index contributed by atoms with van der Waals surface area (Å²) in [6.45, 7) is 6.58. The molecule has 0 atom stereocenters. The molecule has 0 radical (unpaired) electrons. The minimum atomic E-state index is -1.89. The van der Waals surface area contributed by atoms with Crippen LogP contribution in [0.3, 0.4) is 0 Å². The Morgan fingerprint density at radius 2 is 0.727 bits per heavy atom. The van der Waals surface area contributed by atoms with Crippen LogP contribution in [0, 0.1) is 6.92 Å². The van der Waals surface area contributed by atoms with Crippen LogP contribution in [0.5, 0.6) is 0 Å². The number of rotatable bonds is 9. The number of aryl methyl sites for hydroxylation is 1. The molecule has 0 aromatic heterocycles. The summed E-state index contributed by atoms with van der Waals surface area (Å²) in [7, 11) is -0.0778. The normalized spacial score (nSPS) is 11.3. The molecule has 0 aliphatic rings. The number of nitrogens with zero attached hydrogens (tertiary/aromatic N) is 2. The van der Waals surface area contributed by atoms with Gasteiger partial charge < -0.3 is 14.2 Å². The summed E-state index contributed by atoms with van der Waals surface area (Å²) in [6.07, 6.45) is 0. The molecular formula is C40H38N2OSi. The van der Waals surface area contributed by atoms with Crippen molar-refractivity contribution in [2.45, 2.75) is 20.0 Å². The summed E-state index contributed by atoms with van der Waals surface area (Å²) in [5.74, 6) is 0. The zero-order chi connectivity index (χ0) is 30.5. The molecule has 44 heavy (non-hydrogen) atoms. The molecule has 0 unspecified atom stereocenters. The minimum Gasteiger partial charge on any atom is -0.416 e. The van der Waals surface area contributed by atoms with Crippen LogP contribution in [0.1, 0.15) is 5.56 Å². The average molecular weight is 591 g/mol. The third-order valence-electron chi connectivity index (χ3n) is 8.24. The standard InChI is InChI=1S/C40H38N2OSi/c1-31-15-21-36(22-16-31)42(39-27-29-40(30-28-39)44(3,4)43-2)38-25-19-33(20-26-38)32-17-23-37(24-18-32)41(34-11-7-5-8-12-34)35-13-9-6-10-14-35/h5-30H,1-4H3. The van der Waals surface area contributed by atoms with E-state index in [1.165, 1.54) is 21.9 Å². The molecule has 0 saturated heterocycles. The van der Waals surface area contributed by atoms with Crippen LogP contribution in [0.25, 0.3) is 11.1 Å². The van der Waals surface area contributed by atoms with E-state index in [1.807, 2.05) is 7.11 Å². The van der Waals surface area contributed by atoms with Crippen LogP contribution in [-0.2, 0) is 4.43 Å². The first-order valence-electron chi connectivity index (χ1n) is 15.1. The molecule has 0 amide bonds. The lowest BCUT2D eigenvalue weighted by atomic mass is 10.0. The minimum absolute atomic E-state index is 1.12. The average Bonchev–Trinajstić information content (AvgIpc) is 3.08. The predicted octanol–water partition coefficient (Wildman–Crippen LogP) is 10.7. The molecule has 0 saturated carbocycles. The van der Waals surface area contributed by atoms with Crippen molar-refractivity contribution in [3.05, 3.63) is 163 Å². The maximum atomic E-state index is 5.85. The van der Waals surface area contributed by atoms with Crippen LogP contribution >= 0.6 is 0 Å². The van der Waals surface area contributed by atoms with Gasteiger partial charge in [-0.2, -0.15) is 0 Å². The number of para-hydroxylation sites is 2. The lowest BCUT2D eigenvalue weighted by molar-refractivity contribution is 0.416. The smallest absolute Gasteiger partial charge is 0.217 e. The summed E-state index contributed by atoms with van der Waals surface area (Å²) in [5.41, 5.74) is 10.4. The second-order valence-electron chi connectivity index (χ2n) is 11.5. The Labute approximate surface area is 262 Å². The third-order valence-corrected chi connectivity index (χ3v) is 11.0. The summed E-state index contributed by atoms with van der Waals surface area (Å²) in [4.78, 5) is 4.60. The van der Waals surface area contributed by atoms with Gasteiger partial charge in [-0.1, -0.05) is 90.5 Å². The molecule has 218 valence electrons. The van der Waals surface area contributed by atoms with Gasteiger partial charge in [-0.15, -0.1) is 0 Å². The van der Waals surface area contributed by atoms with Crippen molar-refractivity contribution in [2.75, 3.05) is 16.9 Å². The predicted molar refractivity (Wildman–Crippen MR) is 190 cm³/mol. The Kier molecular flexibility index (Phi) is 8.46. The van der Waals surface area contributed by atoms with Crippen LogP contribution in [-0.4, -0.2) is 15.4 Å². The zero-order valence-electron chi connectivity index (χ0n) is 25.8. The van der Waals surface area contributed by atoms with Crippen LogP contribution in [0.2, 0.25) is 13.1 Å². The van der Waals surface area contributed by atoms with E-state index in [2.05, 4.69) is 188 Å². The second-order valence-corrected chi connectivity index (χ2v) is 15.5. The highest BCUT2D eigenvalue weighted by atomic mass is 28.4. The van der Waals surface area contributed by atoms with Gasteiger partial charge in [0.25, 0.3) is 0 Å². The highest BCUT2D eigenvalue weighted by Gasteiger charge is 2.24. The summed E-state index contributed by atoms with van der Waals surface area (Å²) in [6, 6.07) is 56.3. The van der Waals surface area contributed by atoms with Crippen molar-refractivity contribution < 1.29 is 4.43 Å². The monoisotopic (exact) mass is 590 g/mol. The fourth-order valence-electron chi connectivity index (χ4n) is 5.48. The Bertz CT molecular complexity index is 1740. The van der Waals surface area contributed by atoms with Gasteiger partial charge in [0.2, 0.25) is 8.32 Å². The van der Waals surface area contributed by atoms with Crippen molar-refractivity contribution in [2.24, 2.45) is 0 Å². The van der Waals surface area contributed by atoms with Crippen molar-refractivity contribution in [3.63, 3.8) is 0 Å². The number of anilines is 6. The van der Waals surface area contributed by atoms with Gasteiger partial charge in [-0.05, 0) is 109 Å². The quantitative estimate of drug-likeness (QED) is 0.156. The van der Waals surface area contributed by atoms with Gasteiger partial charge in [0.1, 0.15) is 0 Å². The largest absolute Gasteiger partial charge is 0.416 e. The van der Waals surface area contributed by atoms with Gasteiger partial charge in [0.15, 0.2) is 0 Å². The number of hydrogen-bond acceptors (Lipinski definition) is 3. The van der Waals surface area contributed by atoms with E-state index in [9.17, 15) is 0 Å². The molecule has 6 rings (SSSR count). The Morgan fingerprint density at radius 1 is 0.409 bits per heavy atom. The fourth-order valence-corrected chi connectivity index (χ4v) is 6.68. The van der Waals surface area contributed by atoms with Crippen LogP contribution in [0.4, 0.5) is 34.1 Å². The van der Waals surface area contributed by atoms with Crippen molar-refractivity contribution in [1.82, 2.24) is 0 Å². The molecule has 3 nitrogen and oxygen atoms in total. The van der Waals surface area contributed by atoms with E-state index in [-0.39, 0.29) is 0 Å². The molecule has 0 N–H and O–H groups in total. The molecule has 0 spiro atoms. The Balaban J connectivity index is 1.31. The van der Waals surface area contributed by atoms with E-state index in [4.69, 9.17) is 4.43 Å². The molecule has 0 bridgehead atoms. The van der Waals surface area contributed by atoms with Gasteiger partial charge >= 0.3 is 0 Å². The van der Waals surface area contributed by atoms with E-state index in [0.717, 1.165) is 34.1 Å². The Hall–Kier alpha value is -4.90. The molecule has 0 heterocycles. The first-order valence-corrected chi connectivity index (χ1v) is 18.0. The lowest BCUT2D eigenvalue weighted by Crippen LogP contribution is -2.43. The van der Waals surface area contributed by atoms with Crippen LogP contribution in [0.15, 0.2) is 158 Å². The van der Waals surface area contributed by atoms with Crippen molar-refractivity contribution >= 4 is 47.6 Å². The first-order chi connectivity index (χ1) is 21.4. The van der Waals surface area contributed by atoms with Crippen molar-refractivity contribution in [1.29, 1.82) is 0 Å². The summed E-state index contributed by atoms with van der Waals surface area (Å²) >= 11 is 0. The van der Waals surface area contributed by atoms with E-state index < -0.39 is 8.32 Å². The highest BCUT2D eigenvalue weighted by molar-refractivity contribution is 6.84. The molecule has 6 aromatic carbocycles. The molecular weight excluding hydrogens is 553 g/mol. The van der Waals surface area contributed by atoms with Gasteiger partial charge in [-0.3, -0.25) is 0 Å². The second kappa shape index (κ2) is 12.8. The third kappa shape index (κ3) is 6.23. The van der Waals surface area contributed by atoms with E-state index in [1.54, 1.807) is 0 Å². The molecule has 0 aliphatic heterocycles. The van der Waals surface area contributed by atoms with Gasteiger partial charge in [0, 0.05) is 41.2 Å². The van der Waals surface area contributed by atoms with Gasteiger partial charge in [-0.25, -0.2) is 0 Å². The summed E-state index contributed by atoms with van der Waals surface area (Å²) < 4.78 is 5.85. The molecule has 6 aromatic rings. The number of hydrogen-bond donors (Lipinski definition) is 0. The van der Waals surface area contributed by atoms with Gasteiger partial charge in [0.05, 0.1) is 0 Å². The van der Waals surface area contributed by atoms with Crippen molar-refractivity contribution in [3.8, 4) is 11.1 Å².